The van der Waals surface area contributed by atoms with Crippen molar-refractivity contribution < 1.29 is 13.2 Å². The Morgan fingerprint density at radius 2 is 1.75 bits per heavy atom. The number of pyridine rings is 1. The summed E-state index contributed by atoms with van der Waals surface area (Å²) in [6.07, 6.45) is 2.07. The lowest BCUT2D eigenvalue weighted by atomic mass is 10.1. The summed E-state index contributed by atoms with van der Waals surface area (Å²) in [6.45, 7) is 0.286. The van der Waals surface area contributed by atoms with Gasteiger partial charge in [-0.25, -0.2) is 12.7 Å². The Hall–Kier alpha value is -2.25. The molecule has 0 saturated carbocycles. The van der Waals surface area contributed by atoms with E-state index in [1.54, 1.807) is 24.3 Å². The van der Waals surface area contributed by atoms with Gasteiger partial charge in [-0.3, -0.25) is 9.59 Å². The molecule has 0 unspecified atom stereocenters. The van der Waals surface area contributed by atoms with Crippen LogP contribution < -0.4 is 5.56 Å². The van der Waals surface area contributed by atoms with E-state index in [1.807, 2.05) is 6.07 Å². The number of carbonyl (C=O) groups excluding carboxylic acids is 1. The Kier molecular flexibility index (Phi) is 5.69. The van der Waals surface area contributed by atoms with Gasteiger partial charge in [0.05, 0.1) is 4.90 Å². The number of aromatic nitrogens is 1. The zero-order chi connectivity index (χ0) is 17.7. The number of sulfonamides is 1. The molecule has 1 aromatic heterocycles. The van der Waals surface area contributed by atoms with E-state index in [-0.39, 0.29) is 22.8 Å². The summed E-state index contributed by atoms with van der Waals surface area (Å²) in [5.41, 5.74) is 0.341. The molecule has 0 amide bonds. The third kappa shape index (κ3) is 4.18. The average Bonchev–Trinajstić information content (AvgIpc) is 2.56. The van der Waals surface area contributed by atoms with E-state index in [4.69, 9.17) is 0 Å². The molecule has 0 saturated heterocycles. The second kappa shape index (κ2) is 7.55. The zero-order valence-corrected chi connectivity index (χ0v) is 14.5. The normalized spacial score (nSPS) is 11.6. The summed E-state index contributed by atoms with van der Waals surface area (Å²) in [5, 5.41) is 0. The monoisotopic (exact) mass is 348 g/mol. The van der Waals surface area contributed by atoms with Crippen molar-refractivity contribution in [1.29, 1.82) is 0 Å². The van der Waals surface area contributed by atoms with Gasteiger partial charge in [0, 0.05) is 44.9 Å². The van der Waals surface area contributed by atoms with Crippen LogP contribution in [0, 0.1) is 0 Å². The molecule has 2 rings (SSSR count). The van der Waals surface area contributed by atoms with Crippen LogP contribution in [0.25, 0.3) is 0 Å². The SMILES string of the molecule is CN(C)S(=O)(=O)c1ccc(=O)n(CCCC(=O)c2ccccc2)c1. The first-order valence-corrected chi connectivity index (χ1v) is 8.97. The van der Waals surface area contributed by atoms with Crippen LogP contribution in [0.15, 0.2) is 58.4 Å². The van der Waals surface area contributed by atoms with Gasteiger partial charge in [-0.2, -0.15) is 0 Å². The second-order valence-corrected chi connectivity index (χ2v) is 7.73. The van der Waals surface area contributed by atoms with Gasteiger partial charge < -0.3 is 4.57 Å². The first kappa shape index (κ1) is 18.1. The van der Waals surface area contributed by atoms with E-state index in [2.05, 4.69) is 0 Å². The van der Waals surface area contributed by atoms with Crippen molar-refractivity contribution in [3.05, 3.63) is 64.6 Å². The fourth-order valence-electron chi connectivity index (χ4n) is 2.23. The van der Waals surface area contributed by atoms with E-state index in [1.165, 1.54) is 37.0 Å². The molecule has 0 aliphatic heterocycles. The lowest BCUT2D eigenvalue weighted by Gasteiger charge is -2.13. The number of rotatable bonds is 7. The smallest absolute Gasteiger partial charge is 0.250 e. The fraction of sp³-hybridized carbons (Fsp3) is 0.294. The van der Waals surface area contributed by atoms with Crippen LogP contribution in [0.2, 0.25) is 0 Å². The topological polar surface area (TPSA) is 76.5 Å². The van der Waals surface area contributed by atoms with Crippen LogP contribution in [0.3, 0.4) is 0 Å². The number of hydrogen-bond donors (Lipinski definition) is 0. The third-order valence-corrected chi connectivity index (χ3v) is 5.43. The van der Waals surface area contributed by atoms with Gasteiger partial charge in [-0.15, -0.1) is 0 Å². The minimum atomic E-state index is -3.59. The van der Waals surface area contributed by atoms with Gasteiger partial charge in [0.15, 0.2) is 5.78 Å². The van der Waals surface area contributed by atoms with Gasteiger partial charge in [0.25, 0.3) is 5.56 Å². The number of nitrogens with zero attached hydrogens (tertiary/aromatic N) is 2. The number of benzene rings is 1. The number of hydrogen-bond acceptors (Lipinski definition) is 4. The van der Waals surface area contributed by atoms with E-state index in [0.717, 1.165) is 4.31 Å². The highest BCUT2D eigenvalue weighted by molar-refractivity contribution is 7.89. The summed E-state index contributed by atoms with van der Waals surface area (Å²) in [7, 11) is -0.726. The molecule has 0 radical (unpaired) electrons. The molecule has 7 heteroatoms. The van der Waals surface area contributed by atoms with Crippen LogP contribution in [0.5, 0.6) is 0 Å². The van der Waals surface area contributed by atoms with Crippen LogP contribution in [0.1, 0.15) is 23.2 Å². The minimum Gasteiger partial charge on any atom is -0.314 e. The van der Waals surface area contributed by atoms with Crippen LogP contribution in [0.4, 0.5) is 0 Å². The second-order valence-electron chi connectivity index (χ2n) is 5.58. The molecule has 0 bridgehead atoms. The van der Waals surface area contributed by atoms with E-state index < -0.39 is 10.0 Å². The van der Waals surface area contributed by atoms with Gasteiger partial charge in [-0.1, -0.05) is 30.3 Å². The highest BCUT2D eigenvalue weighted by Crippen LogP contribution is 2.11. The number of aryl methyl sites for hydroxylation is 1. The lowest BCUT2D eigenvalue weighted by Crippen LogP contribution is -2.26. The maximum Gasteiger partial charge on any atom is 0.250 e. The van der Waals surface area contributed by atoms with Crippen molar-refractivity contribution in [2.24, 2.45) is 0 Å². The molecule has 2 aromatic rings. The van der Waals surface area contributed by atoms with E-state index in [0.29, 0.717) is 18.4 Å². The molecular formula is C17H20N2O4S. The molecule has 0 aliphatic rings. The summed E-state index contributed by atoms with van der Waals surface area (Å²) >= 11 is 0. The zero-order valence-electron chi connectivity index (χ0n) is 13.7. The lowest BCUT2D eigenvalue weighted by molar-refractivity contribution is 0.0978. The molecular weight excluding hydrogens is 328 g/mol. The molecule has 24 heavy (non-hydrogen) atoms. The van der Waals surface area contributed by atoms with Gasteiger partial charge in [0.2, 0.25) is 10.0 Å². The summed E-state index contributed by atoms with van der Waals surface area (Å²) in [4.78, 5) is 24.0. The quantitative estimate of drug-likeness (QED) is 0.715. The fourth-order valence-corrected chi connectivity index (χ4v) is 3.15. The van der Waals surface area contributed by atoms with Crippen molar-refractivity contribution in [3.63, 3.8) is 0 Å². The molecule has 0 aliphatic carbocycles. The van der Waals surface area contributed by atoms with Gasteiger partial charge >= 0.3 is 0 Å². The number of carbonyl (C=O) groups is 1. The van der Waals surface area contributed by atoms with Crippen molar-refractivity contribution in [2.75, 3.05) is 14.1 Å². The Labute approximate surface area is 141 Å². The Balaban J connectivity index is 2.08. The number of Topliss-reactive ketones (excluding diaryl/α,β-unsaturated/α-hetero) is 1. The Morgan fingerprint density at radius 1 is 1.08 bits per heavy atom. The summed E-state index contributed by atoms with van der Waals surface area (Å²) in [5.74, 6) is 0.000664. The van der Waals surface area contributed by atoms with Crippen LogP contribution in [-0.2, 0) is 16.6 Å². The minimum absolute atomic E-state index is 0.000664. The number of ketones is 1. The van der Waals surface area contributed by atoms with Crippen LogP contribution >= 0.6 is 0 Å². The molecule has 1 aromatic carbocycles. The molecule has 0 atom stereocenters. The first-order valence-electron chi connectivity index (χ1n) is 7.53. The van der Waals surface area contributed by atoms with E-state index >= 15 is 0 Å². The summed E-state index contributed by atoms with van der Waals surface area (Å²) < 4.78 is 26.7. The van der Waals surface area contributed by atoms with Crippen molar-refractivity contribution >= 4 is 15.8 Å². The largest absolute Gasteiger partial charge is 0.314 e. The Bertz CT molecular complexity index is 871. The molecule has 1 heterocycles. The van der Waals surface area contributed by atoms with Gasteiger partial charge in [0.1, 0.15) is 0 Å². The standard InChI is InChI=1S/C17H20N2O4S/c1-18(2)24(22,23)15-10-11-17(21)19(13-15)12-6-9-16(20)14-7-4-3-5-8-14/h3-5,7-8,10-11,13H,6,9,12H2,1-2H3. The molecule has 0 N–H and O–H groups in total. The molecule has 0 fully saturated rings. The molecule has 6 nitrogen and oxygen atoms in total. The van der Waals surface area contributed by atoms with Crippen LogP contribution in [-0.4, -0.2) is 37.2 Å². The Morgan fingerprint density at radius 3 is 2.38 bits per heavy atom. The molecule has 128 valence electrons. The highest BCUT2D eigenvalue weighted by atomic mass is 32.2. The van der Waals surface area contributed by atoms with Crippen molar-refractivity contribution in [2.45, 2.75) is 24.3 Å². The van der Waals surface area contributed by atoms with E-state index in [9.17, 15) is 18.0 Å². The predicted octanol–water partition coefficient (Wildman–Crippen LogP) is 1.76. The predicted molar refractivity (Wildman–Crippen MR) is 91.6 cm³/mol. The average molecular weight is 348 g/mol. The first-order chi connectivity index (χ1) is 11.3. The van der Waals surface area contributed by atoms with Crippen molar-refractivity contribution in [1.82, 2.24) is 8.87 Å². The molecule has 0 spiro atoms. The summed E-state index contributed by atoms with van der Waals surface area (Å²) in [6, 6.07) is 11.5. The third-order valence-electron chi connectivity index (χ3n) is 3.63. The maximum atomic E-state index is 12.1. The highest BCUT2D eigenvalue weighted by Gasteiger charge is 2.18. The maximum absolute atomic E-state index is 12.1. The van der Waals surface area contributed by atoms with Crippen molar-refractivity contribution in [3.8, 4) is 0 Å². The van der Waals surface area contributed by atoms with Gasteiger partial charge in [-0.05, 0) is 12.5 Å².